The Morgan fingerprint density at radius 3 is 2.40 bits per heavy atom. The first kappa shape index (κ1) is 36.8. The Labute approximate surface area is 285 Å². The van der Waals surface area contributed by atoms with E-state index in [2.05, 4.69) is 26.3 Å². The highest BCUT2D eigenvalue weighted by atomic mass is 32.1. The van der Waals surface area contributed by atoms with Gasteiger partial charge >= 0.3 is 6.09 Å². The lowest BCUT2D eigenvalue weighted by molar-refractivity contribution is -0.142. The van der Waals surface area contributed by atoms with Crippen molar-refractivity contribution in [2.75, 3.05) is 13.1 Å². The third-order valence-electron chi connectivity index (χ3n) is 8.32. The van der Waals surface area contributed by atoms with Crippen molar-refractivity contribution in [1.82, 2.24) is 31.2 Å². The van der Waals surface area contributed by atoms with Gasteiger partial charge in [-0.15, -0.1) is 11.3 Å². The minimum atomic E-state index is -1.09. The molecule has 0 unspecified atom stereocenters. The molecule has 0 aliphatic carbocycles. The Balaban J connectivity index is 1.63. The van der Waals surface area contributed by atoms with E-state index in [1.54, 1.807) is 47.6 Å². The summed E-state index contributed by atoms with van der Waals surface area (Å²) < 4.78 is 6.25. The summed E-state index contributed by atoms with van der Waals surface area (Å²) in [5.74, 6) is -2.43. The van der Waals surface area contributed by atoms with Crippen molar-refractivity contribution in [3.05, 3.63) is 29.3 Å². The van der Waals surface area contributed by atoms with E-state index in [0.29, 0.717) is 24.9 Å². The number of ketones is 1. The molecule has 2 aliphatic rings. The van der Waals surface area contributed by atoms with Crippen LogP contribution < -0.4 is 21.3 Å². The molecule has 0 spiro atoms. The van der Waals surface area contributed by atoms with Crippen LogP contribution in [0.15, 0.2) is 24.3 Å². The molecule has 2 fully saturated rings. The number of benzene rings is 1. The van der Waals surface area contributed by atoms with Gasteiger partial charge in [-0.25, -0.2) is 9.78 Å². The number of hydrogen-bond acceptors (Lipinski definition) is 9. The first-order valence-electron chi connectivity index (χ1n) is 16.5. The van der Waals surface area contributed by atoms with Crippen molar-refractivity contribution in [3.63, 3.8) is 0 Å². The predicted molar refractivity (Wildman–Crippen MR) is 181 cm³/mol. The van der Waals surface area contributed by atoms with Gasteiger partial charge in [0, 0.05) is 31.5 Å². The van der Waals surface area contributed by atoms with E-state index in [1.165, 1.54) is 16.2 Å². The summed E-state index contributed by atoms with van der Waals surface area (Å²) in [7, 11) is 0. The number of nitrogens with one attached hydrogen (secondary N) is 4. The van der Waals surface area contributed by atoms with Gasteiger partial charge in [-0.05, 0) is 64.0 Å². The van der Waals surface area contributed by atoms with Crippen LogP contribution in [0.25, 0.3) is 10.2 Å². The lowest BCUT2D eigenvalue weighted by Crippen LogP contribution is -2.59. The lowest BCUT2D eigenvalue weighted by Gasteiger charge is -2.36. The van der Waals surface area contributed by atoms with E-state index in [-0.39, 0.29) is 42.6 Å². The molecule has 5 atom stereocenters. The van der Waals surface area contributed by atoms with Gasteiger partial charge in [0.15, 0.2) is 5.01 Å². The molecule has 2 aliphatic heterocycles. The fraction of sp³-hybridized carbons (Fsp3) is 0.618. The van der Waals surface area contributed by atoms with E-state index in [9.17, 15) is 28.8 Å². The number of hydrogen-bond donors (Lipinski definition) is 4. The molecule has 0 bridgehead atoms. The largest absolute Gasteiger partial charge is 0.444 e. The van der Waals surface area contributed by atoms with Crippen molar-refractivity contribution in [3.8, 4) is 0 Å². The normalized spacial score (nSPS) is 20.9. The maximum atomic E-state index is 14.3. The molecular formula is C34H48N6O7S. The van der Waals surface area contributed by atoms with E-state index < -0.39 is 64.8 Å². The van der Waals surface area contributed by atoms with Crippen LogP contribution in [0.2, 0.25) is 0 Å². The SMILES string of the molecule is CCCC(=O)N[C@@H]1C[C@@H](C(=O)N[C@@H](C[C@H]2CCNC2=O)C(=O)c2nc3ccccc3s2)N(C(=O)[C@@H](NC(=O)OC(C)(C)C)C(C)(C)C)C1. The number of rotatable bonds is 11. The van der Waals surface area contributed by atoms with Gasteiger partial charge in [0.2, 0.25) is 29.4 Å². The summed E-state index contributed by atoms with van der Waals surface area (Å²) in [6.45, 7) is 12.9. The van der Waals surface area contributed by atoms with Crippen LogP contribution in [-0.4, -0.2) is 88.2 Å². The minimum absolute atomic E-state index is 0.0243. The molecule has 4 N–H and O–H groups in total. The van der Waals surface area contributed by atoms with E-state index in [0.717, 1.165) is 4.70 Å². The first-order valence-corrected chi connectivity index (χ1v) is 17.4. The quantitative estimate of drug-likeness (QED) is 0.261. The van der Waals surface area contributed by atoms with Crippen molar-refractivity contribution >= 4 is 57.1 Å². The van der Waals surface area contributed by atoms with Crippen LogP contribution in [0, 0.1) is 11.3 Å². The topological polar surface area (TPSA) is 176 Å². The van der Waals surface area contributed by atoms with Gasteiger partial charge in [-0.2, -0.15) is 0 Å². The van der Waals surface area contributed by atoms with Crippen molar-refractivity contribution in [1.29, 1.82) is 0 Å². The summed E-state index contributed by atoms with van der Waals surface area (Å²) in [5.41, 5.74) is -0.931. The standard InChI is InChI=1S/C34H48N6O7S/c1-8-11-25(41)36-20-17-23(40(18-20)31(45)27(33(2,3)4)39-32(46)47-34(5,6)7)29(44)37-22(16-19-14-15-35-28(19)43)26(42)30-38-21-12-9-10-13-24(21)48-30/h9-10,12-13,19-20,22-23,27H,8,11,14-18H2,1-7H3,(H,35,43)(H,36,41)(H,37,44)(H,39,46)/t19-,20-,22+,23+,27-/m1/s1. The molecule has 2 saturated heterocycles. The molecule has 0 radical (unpaired) electrons. The second-order valence-corrected chi connectivity index (χ2v) is 15.7. The number of carbonyl (C=O) groups is 6. The number of fused-ring (bicyclic) bond motifs is 1. The second kappa shape index (κ2) is 15.0. The zero-order chi connectivity index (χ0) is 35.4. The Morgan fingerprint density at radius 2 is 1.79 bits per heavy atom. The van der Waals surface area contributed by atoms with Crippen molar-refractivity contribution < 1.29 is 33.5 Å². The smallest absolute Gasteiger partial charge is 0.408 e. The number of aromatic nitrogens is 1. The summed E-state index contributed by atoms with van der Waals surface area (Å²) in [6, 6.07) is 3.55. The Morgan fingerprint density at radius 1 is 1.08 bits per heavy atom. The predicted octanol–water partition coefficient (Wildman–Crippen LogP) is 3.32. The first-order chi connectivity index (χ1) is 22.5. The van der Waals surface area contributed by atoms with E-state index in [1.807, 2.05) is 25.1 Å². The molecule has 0 saturated carbocycles. The molecule has 5 amide bonds. The number of amides is 5. The summed E-state index contributed by atoms with van der Waals surface area (Å²) >= 11 is 1.21. The molecule has 1 aromatic carbocycles. The Hall–Kier alpha value is -4.07. The van der Waals surface area contributed by atoms with Crippen LogP contribution in [0.1, 0.15) is 90.4 Å². The summed E-state index contributed by atoms with van der Waals surface area (Å²) in [6.07, 6.45) is 0.814. The maximum absolute atomic E-state index is 14.3. The monoisotopic (exact) mass is 684 g/mol. The highest BCUT2D eigenvalue weighted by molar-refractivity contribution is 7.20. The van der Waals surface area contributed by atoms with E-state index >= 15 is 0 Å². The highest BCUT2D eigenvalue weighted by Crippen LogP contribution is 2.29. The van der Waals surface area contributed by atoms with Crippen LogP contribution in [0.5, 0.6) is 0 Å². The van der Waals surface area contributed by atoms with Crippen LogP contribution in [0.4, 0.5) is 4.79 Å². The van der Waals surface area contributed by atoms with Gasteiger partial charge in [0.25, 0.3) is 0 Å². The maximum Gasteiger partial charge on any atom is 0.408 e. The molecule has 262 valence electrons. The van der Waals surface area contributed by atoms with Crippen LogP contribution in [-0.2, 0) is 23.9 Å². The fourth-order valence-electron chi connectivity index (χ4n) is 5.98. The highest BCUT2D eigenvalue weighted by Gasteiger charge is 2.46. The van der Waals surface area contributed by atoms with E-state index in [4.69, 9.17) is 4.74 Å². The molecule has 13 nitrogen and oxygen atoms in total. The fourth-order valence-corrected chi connectivity index (χ4v) is 6.94. The average molecular weight is 685 g/mol. The molecule has 3 heterocycles. The minimum Gasteiger partial charge on any atom is -0.444 e. The third kappa shape index (κ3) is 9.30. The Kier molecular flexibility index (Phi) is 11.5. The summed E-state index contributed by atoms with van der Waals surface area (Å²) in [4.78, 5) is 86.2. The number of alkyl carbamates (subject to hydrolysis) is 1. The third-order valence-corrected chi connectivity index (χ3v) is 9.37. The van der Waals surface area contributed by atoms with Crippen LogP contribution >= 0.6 is 11.3 Å². The van der Waals surface area contributed by atoms with Gasteiger partial charge in [0.1, 0.15) is 17.7 Å². The van der Waals surface area contributed by atoms with Crippen LogP contribution in [0.3, 0.4) is 0 Å². The number of para-hydroxylation sites is 1. The number of ether oxygens (including phenoxy) is 1. The Bertz CT molecular complexity index is 1510. The molecule has 2 aromatic rings. The van der Waals surface area contributed by atoms with Crippen molar-refractivity contribution in [2.45, 2.75) is 110 Å². The van der Waals surface area contributed by atoms with Gasteiger partial charge in [-0.3, -0.25) is 24.0 Å². The molecule has 48 heavy (non-hydrogen) atoms. The number of carbonyl (C=O) groups excluding carboxylic acids is 6. The van der Waals surface area contributed by atoms with Crippen molar-refractivity contribution in [2.24, 2.45) is 11.3 Å². The summed E-state index contributed by atoms with van der Waals surface area (Å²) in [5, 5.41) is 11.5. The van der Waals surface area contributed by atoms with Gasteiger partial charge in [-0.1, -0.05) is 39.8 Å². The van der Waals surface area contributed by atoms with Gasteiger partial charge < -0.3 is 30.9 Å². The molecular weight excluding hydrogens is 636 g/mol. The second-order valence-electron chi connectivity index (χ2n) is 14.6. The number of Topliss-reactive ketones (excluding diaryl/α,β-unsaturated/α-hetero) is 1. The number of nitrogens with zero attached hydrogens (tertiary/aromatic N) is 2. The number of thiazole rings is 1. The molecule has 14 heteroatoms. The van der Waals surface area contributed by atoms with Gasteiger partial charge in [0.05, 0.1) is 16.3 Å². The molecule has 4 rings (SSSR count). The zero-order valence-corrected chi connectivity index (χ0v) is 29.6. The molecule has 1 aromatic heterocycles. The average Bonchev–Trinajstić information content (AvgIpc) is 3.72. The zero-order valence-electron chi connectivity index (χ0n) is 28.8. The lowest BCUT2D eigenvalue weighted by atomic mass is 9.85. The number of likely N-dealkylation sites (tertiary alicyclic amines) is 1.